The smallest absolute Gasteiger partial charge is 0.0628 e. The molecule has 0 radical (unpaired) electrons. The van der Waals surface area contributed by atoms with Crippen molar-refractivity contribution in [3.8, 4) is 0 Å². The number of ether oxygens (including phenoxy) is 1. The summed E-state index contributed by atoms with van der Waals surface area (Å²) < 4.78 is 5.36. The molecule has 1 unspecified atom stereocenters. The van der Waals surface area contributed by atoms with Crippen molar-refractivity contribution in [1.82, 2.24) is 10.2 Å². The predicted molar refractivity (Wildman–Crippen MR) is 89.3 cm³/mol. The first kappa shape index (κ1) is 19.9. The van der Waals surface area contributed by atoms with Crippen LogP contribution in [0.2, 0.25) is 0 Å². The first-order chi connectivity index (χ1) is 9.49. The van der Waals surface area contributed by atoms with Crippen LogP contribution in [0.1, 0.15) is 53.9 Å². The van der Waals surface area contributed by atoms with Crippen LogP contribution in [0.3, 0.4) is 0 Å². The topological polar surface area (TPSA) is 24.5 Å². The van der Waals surface area contributed by atoms with Gasteiger partial charge in [0.25, 0.3) is 0 Å². The van der Waals surface area contributed by atoms with Crippen molar-refractivity contribution >= 4 is 0 Å². The lowest BCUT2D eigenvalue weighted by molar-refractivity contribution is 0.133. The number of hydrogen-bond donors (Lipinski definition) is 1. The van der Waals surface area contributed by atoms with Gasteiger partial charge in [0.1, 0.15) is 0 Å². The number of hydrogen-bond acceptors (Lipinski definition) is 3. The molecule has 3 nitrogen and oxygen atoms in total. The zero-order valence-corrected chi connectivity index (χ0v) is 14.7. The molecule has 0 rings (SSSR count). The maximum atomic E-state index is 5.36. The Labute approximate surface area is 127 Å². The van der Waals surface area contributed by atoms with E-state index in [9.17, 15) is 0 Å². The summed E-state index contributed by atoms with van der Waals surface area (Å²) in [6.45, 7) is 16.8. The van der Waals surface area contributed by atoms with E-state index in [-0.39, 0.29) is 0 Å². The number of nitrogens with zero attached hydrogens (tertiary/aromatic N) is 1. The molecule has 3 heteroatoms. The summed E-state index contributed by atoms with van der Waals surface area (Å²) in [5.41, 5.74) is 0. The van der Waals surface area contributed by atoms with E-state index in [1.54, 1.807) is 7.11 Å². The summed E-state index contributed by atoms with van der Waals surface area (Å²) in [4.78, 5) is 2.62. The van der Waals surface area contributed by atoms with Crippen molar-refractivity contribution in [2.75, 3.05) is 39.9 Å². The van der Waals surface area contributed by atoms with Crippen LogP contribution in [0.5, 0.6) is 0 Å². The van der Waals surface area contributed by atoms with Crippen LogP contribution in [0.25, 0.3) is 0 Å². The van der Waals surface area contributed by atoms with Crippen LogP contribution in [-0.2, 0) is 4.74 Å². The van der Waals surface area contributed by atoms with Crippen molar-refractivity contribution < 1.29 is 4.74 Å². The van der Waals surface area contributed by atoms with Crippen LogP contribution >= 0.6 is 0 Å². The third kappa shape index (κ3) is 11.7. The first-order valence-corrected chi connectivity index (χ1v) is 8.44. The zero-order chi connectivity index (χ0) is 15.4. The Bertz CT molecular complexity index is 195. The van der Waals surface area contributed by atoms with Gasteiger partial charge in [-0.1, -0.05) is 34.6 Å². The molecule has 0 aliphatic carbocycles. The molecular formula is C17H38N2O. The Balaban J connectivity index is 4.30. The van der Waals surface area contributed by atoms with Gasteiger partial charge in [0.15, 0.2) is 0 Å². The predicted octanol–water partition coefficient (Wildman–Crippen LogP) is 3.40. The van der Waals surface area contributed by atoms with Crippen LogP contribution in [0.4, 0.5) is 0 Å². The van der Waals surface area contributed by atoms with Gasteiger partial charge in [0.05, 0.1) is 6.61 Å². The monoisotopic (exact) mass is 286 g/mol. The molecule has 0 aromatic rings. The molecule has 0 aromatic carbocycles. The fourth-order valence-corrected chi connectivity index (χ4v) is 2.21. The fourth-order valence-electron chi connectivity index (χ4n) is 2.21. The van der Waals surface area contributed by atoms with Crippen molar-refractivity contribution in [3.05, 3.63) is 0 Å². The van der Waals surface area contributed by atoms with E-state index < -0.39 is 0 Å². The second-order valence-electron chi connectivity index (χ2n) is 6.77. The Hall–Kier alpha value is -0.120. The molecule has 0 spiro atoms. The Morgan fingerprint density at radius 1 is 1.00 bits per heavy atom. The molecule has 1 N–H and O–H groups in total. The summed E-state index contributed by atoms with van der Waals surface area (Å²) in [5, 5.41) is 3.61. The molecule has 0 amide bonds. The first-order valence-electron chi connectivity index (χ1n) is 8.44. The lowest BCUT2D eigenvalue weighted by atomic mass is 10.1. The highest BCUT2D eigenvalue weighted by Crippen LogP contribution is 2.07. The van der Waals surface area contributed by atoms with Gasteiger partial charge in [-0.2, -0.15) is 0 Å². The van der Waals surface area contributed by atoms with E-state index in [4.69, 9.17) is 4.74 Å². The molecule has 0 saturated heterocycles. The van der Waals surface area contributed by atoms with Crippen molar-refractivity contribution in [3.63, 3.8) is 0 Å². The van der Waals surface area contributed by atoms with Gasteiger partial charge < -0.3 is 15.0 Å². The third-order valence-electron chi connectivity index (χ3n) is 3.57. The van der Waals surface area contributed by atoms with E-state index in [1.165, 1.54) is 32.4 Å². The van der Waals surface area contributed by atoms with Gasteiger partial charge in [-0.3, -0.25) is 0 Å². The highest BCUT2D eigenvalue weighted by atomic mass is 16.5. The Kier molecular flexibility index (Phi) is 12.5. The van der Waals surface area contributed by atoms with Crippen LogP contribution in [0, 0.1) is 11.8 Å². The summed E-state index contributed by atoms with van der Waals surface area (Å²) in [6, 6.07) is 0.458. The normalized spacial score (nSPS) is 13.7. The quantitative estimate of drug-likeness (QED) is 0.561. The molecule has 0 heterocycles. The minimum absolute atomic E-state index is 0.458. The van der Waals surface area contributed by atoms with Crippen molar-refractivity contribution in [1.29, 1.82) is 0 Å². The van der Waals surface area contributed by atoms with Gasteiger partial charge in [-0.05, 0) is 50.7 Å². The summed E-state index contributed by atoms with van der Waals surface area (Å²) in [6.07, 6.45) is 3.75. The SMILES string of the molecule is CCCNC(COC)CN(CCC(C)C)CCC(C)C. The lowest BCUT2D eigenvalue weighted by Crippen LogP contribution is -2.45. The zero-order valence-electron chi connectivity index (χ0n) is 14.7. The molecule has 0 aliphatic rings. The van der Waals surface area contributed by atoms with Crippen LogP contribution < -0.4 is 5.32 Å². The molecule has 1 atom stereocenters. The molecule has 0 saturated carbocycles. The average molecular weight is 287 g/mol. The molecule has 0 aromatic heterocycles. The molecule has 0 fully saturated rings. The van der Waals surface area contributed by atoms with Gasteiger partial charge in [0, 0.05) is 19.7 Å². The Morgan fingerprint density at radius 2 is 1.55 bits per heavy atom. The van der Waals surface area contributed by atoms with Crippen LogP contribution in [-0.4, -0.2) is 50.8 Å². The lowest BCUT2D eigenvalue weighted by Gasteiger charge is -2.29. The van der Waals surface area contributed by atoms with Gasteiger partial charge in [0.2, 0.25) is 0 Å². The summed E-state index contributed by atoms with van der Waals surface area (Å²) in [7, 11) is 1.80. The minimum atomic E-state index is 0.458. The number of nitrogens with one attached hydrogen (secondary N) is 1. The highest BCUT2D eigenvalue weighted by molar-refractivity contribution is 4.73. The maximum Gasteiger partial charge on any atom is 0.0628 e. The summed E-state index contributed by atoms with van der Waals surface area (Å²) in [5.74, 6) is 1.56. The van der Waals surface area contributed by atoms with E-state index in [0.717, 1.165) is 31.5 Å². The van der Waals surface area contributed by atoms with Crippen LogP contribution in [0.15, 0.2) is 0 Å². The van der Waals surface area contributed by atoms with E-state index >= 15 is 0 Å². The average Bonchev–Trinajstić information content (AvgIpc) is 2.38. The molecule has 0 bridgehead atoms. The third-order valence-corrected chi connectivity index (χ3v) is 3.57. The Morgan fingerprint density at radius 3 is 1.95 bits per heavy atom. The second kappa shape index (κ2) is 12.6. The molecule has 0 aliphatic heterocycles. The largest absolute Gasteiger partial charge is 0.383 e. The highest BCUT2D eigenvalue weighted by Gasteiger charge is 2.14. The minimum Gasteiger partial charge on any atom is -0.383 e. The molecule has 122 valence electrons. The standard InChI is InChI=1S/C17H38N2O/c1-7-10-18-17(14-20-6)13-19(11-8-15(2)3)12-9-16(4)5/h15-18H,7-14H2,1-6H3. The van der Waals surface area contributed by atoms with Gasteiger partial charge in [-0.25, -0.2) is 0 Å². The van der Waals surface area contributed by atoms with Gasteiger partial charge >= 0.3 is 0 Å². The van der Waals surface area contributed by atoms with E-state index in [0.29, 0.717) is 6.04 Å². The molecule has 20 heavy (non-hydrogen) atoms. The number of rotatable bonds is 13. The summed E-state index contributed by atoms with van der Waals surface area (Å²) >= 11 is 0. The van der Waals surface area contributed by atoms with Crippen molar-refractivity contribution in [2.24, 2.45) is 11.8 Å². The van der Waals surface area contributed by atoms with E-state index in [2.05, 4.69) is 44.8 Å². The second-order valence-corrected chi connectivity index (χ2v) is 6.77. The van der Waals surface area contributed by atoms with Gasteiger partial charge in [-0.15, -0.1) is 0 Å². The van der Waals surface area contributed by atoms with E-state index in [1.807, 2.05) is 0 Å². The number of methoxy groups -OCH3 is 1. The van der Waals surface area contributed by atoms with Crippen molar-refractivity contribution in [2.45, 2.75) is 59.9 Å². The fraction of sp³-hybridized carbons (Fsp3) is 1.00. The maximum absolute atomic E-state index is 5.36. The molecular weight excluding hydrogens is 248 g/mol.